The van der Waals surface area contributed by atoms with E-state index >= 15 is 0 Å². The normalized spacial score (nSPS) is 17.2. The molecule has 1 heterocycles. The van der Waals surface area contributed by atoms with E-state index in [2.05, 4.69) is 6.92 Å². The summed E-state index contributed by atoms with van der Waals surface area (Å²) in [5.74, 6) is -0.192. The Kier molecular flexibility index (Phi) is 3.33. The lowest BCUT2D eigenvalue weighted by Crippen LogP contribution is -2.44. The second-order valence-electron chi connectivity index (χ2n) is 4.77. The lowest BCUT2D eigenvalue weighted by molar-refractivity contribution is -0.136. The van der Waals surface area contributed by atoms with Gasteiger partial charge in [0.1, 0.15) is 5.75 Å². The summed E-state index contributed by atoms with van der Waals surface area (Å²) in [7, 11) is 0. The van der Waals surface area contributed by atoms with Gasteiger partial charge in [-0.25, -0.2) is 0 Å². The van der Waals surface area contributed by atoms with Crippen LogP contribution in [0.25, 0.3) is 0 Å². The van der Waals surface area contributed by atoms with Crippen LogP contribution in [0.15, 0.2) is 24.3 Å². The van der Waals surface area contributed by atoms with Crippen LogP contribution < -0.4 is 4.74 Å². The van der Waals surface area contributed by atoms with Gasteiger partial charge in [0.2, 0.25) is 0 Å². The lowest BCUT2D eigenvalue weighted by Gasteiger charge is -2.37. The number of hydrogen-bond acceptors (Lipinski definition) is 3. The van der Waals surface area contributed by atoms with Crippen LogP contribution in [-0.2, 0) is 16.0 Å². The molecule has 92 valence electrons. The van der Waals surface area contributed by atoms with Crippen molar-refractivity contribution >= 4 is 5.97 Å². The van der Waals surface area contributed by atoms with E-state index in [9.17, 15) is 4.79 Å². The molecule has 0 unspecified atom stereocenters. The van der Waals surface area contributed by atoms with Crippen molar-refractivity contribution in [1.29, 1.82) is 0 Å². The van der Waals surface area contributed by atoms with Crippen LogP contribution in [-0.4, -0.2) is 30.9 Å². The summed E-state index contributed by atoms with van der Waals surface area (Å²) in [4.78, 5) is 10.7. The van der Waals surface area contributed by atoms with E-state index in [-0.39, 0.29) is 11.8 Å². The molecule has 1 aromatic carbocycles. The number of rotatable bonds is 5. The molecule has 0 spiro atoms. The minimum atomic E-state index is -0.848. The fraction of sp³-hybridized carbons (Fsp3) is 0.462. The molecule has 0 atom stereocenters. The maximum Gasteiger partial charge on any atom is 0.307 e. The predicted octanol–water partition coefficient (Wildman–Crippen LogP) is 1.73. The lowest BCUT2D eigenvalue weighted by atomic mass is 9.90. The van der Waals surface area contributed by atoms with Crippen molar-refractivity contribution in [3.63, 3.8) is 0 Å². The zero-order valence-electron chi connectivity index (χ0n) is 9.81. The van der Waals surface area contributed by atoms with Gasteiger partial charge in [-0.05, 0) is 6.07 Å². The number of hydrogen-bond donors (Lipinski definition) is 1. The summed E-state index contributed by atoms with van der Waals surface area (Å²) in [6.45, 7) is 4.06. The van der Waals surface area contributed by atoms with Crippen LogP contribution in [0.3, 0.4) is 0 Å². The largest absolute Gasteiger partial charge is 0.493 e. The van der Waals surface area contributed by atoms with Crippen molar-refractivity contribution in [2.75, 3.05) is 19.8 Å². The molecular weight excluding hydrogens is 220 g/mol. The molecule has 17 heavy (non-hydrogen) atoms. The molecular formula is C13H16O4. The van der Waals surface area contributed by atoms with Crippen molar-refractivity contribution < 1.29 is 19.4 Å². The Balaban J connectivity index is 2.01. The Morgan fingerprint density at radius 2 is 2.18 bits per heavy atom. The highest BCUT2D eigenvalue weighted by Crippen LogP contribution is 2.28. The summed E-state index contributed by atoms with van der Waals surface area (Å²) in [6, 6.07) is 7.25. The molecule has 1 N–H and O–H groups in total. The van der Waals surface area contributed by atoms with Crippen LogP contribution in [0.1, 0.15) is 12.5 Å². The highest BCUT2D eigenvalue weighted by molar-refractivity contribution is 5.71. The molecule has 0 amide bonds. The Morgan fingerprint density at radius 1 is 1.47 bits per heavy atom. The van der Waals surface area contributed by atoms with E-state index in [1.54, 1.807) is 12.1 Å². The molecule has 4 heteroatoms. The molecule has 1 aliphatic rings. The van der Waals surface area contributed by atoms with Gasteiger partial charge in [-0.1, -0.05) is 25.1 Å². The van der Waals surface area contributed by atoms with Crippen LogP contribution in [0, 0.1) is 5.41 Å². The summed E-state index contributed by atoms with van der Waals surface area (Å²) < 4.78 is 10.8. The molecule has 0 bridgehead atoms. The smallest absolute Gasteiger partial charge is 0.307 e. The van der Waals surface area contributed by atoms with Crippen LogP contribution >= 0.6 is 0 Å². The van der Waals surface area contributed by atoms with Gasteiger partial charge in [0.05, 0.1) is 26.2 Å². The van der Waals surface area contributed by atoms with E-state index in [0.29, 0.717) is 31.1 Å². The SMILES string of the molecule is CC1(COc2ccccc2CC(=O)O)COC1. The van der Waals surface area contributed by atoms with Gasteiger partial charge in [0.15, 0.2) is 0 Å². The maximum absolute atomic E-state index is 10.7. The molecule has 0 aromatic heterocycles. The first-order valence-electron chi connectivity index (χ1n) is 5.59. The number of ether oxygens (including phenoxy) is 2. The number of aliphatic carboxylic acids is 1. The fourth-order valence-electron chi connectivity index (χ4n) is 1.74. The predicted molar refractivity (Wildman–Crippen MR) is 62.2 cm³/mol. The average Bonchev–Trinajstić information content (AvgIpc) is 2.25. The van der Waals surface area contributed by atoms with E-state index in [0.717, 1.165) is 0 Å². The van der Waals surface area contributed by atoms with Gasteiger partial charge in [-0.3, -0.25) is 4.79 Å². The van der Waals surface area contributed by atoms with E-state index in [4.69, 9.17) is 14.6 Å². The molecule has 1 saturated heterocycles. The number of carbonyl (C=O) groups is 1. The quantitative estimate of drug-likeness (QED) is 0.845. The number of carboxylic acid groups (broad SMARTS) is 1. The second kappa shape index (κ2) is 4.75. The Labute approximate surface area is 100 Å². The summed E-state index contributed by atoms with van der Waals surface area (Å²) in [5.41, 5.74) is 0.778. The molecule has 0 radical (unpaired) electrons. The number of para-hydroxylation sites is 1. The molecule has 1 aliphatic heterocycles. The minimum absolute atomic E-state index is 0.0105. The number of carboxylic acids is 1. The van der Waals surface area contributed by atoms with Gasteiger partial charge in [0, 0.05) is 11.0 Å². The van der Waals surface area contributed by atoms with Crippen LogP contribution in [0.4, 0.5) is 0 Å². The van der Waals surface area contributed by atoms with Crippen LogP contribution in [0.5, 0.6) is 5.75 Å². The third kappa shape index (κ3) is 2.97. The van der Waals surface area contributed by atoms with Crippen LogP contribution in [0.2, 0.25) is 0 Å². The first kappa shape index (κ1) is 11.9. The zero-order valence-corrected chi connectivity index (χ0v) is 9.81. The van der Waals surface area contributed by atoms with Crippen molar-refractivity contribution in [3.8, 4) is 5.75 Å². The molecule has 1 aromatic rings. The van der Waals surface area contributed by atoms with Gasteiger partial charge in [-0.15, -0.1) is 0 Å². The highest BCUT2D eigenvalue weighted by Gasteiger charge is 2.34. The summed E-state index contributed by atoms with van der Waals surface area (Å²) >= 11 is 0. The van der Waals surface area contributed by atoms with Gasteiger partial charge in [-0.2, -0.15) is 0 Å². The average molecular weight is 236 g/mol. The van der Waals surface area contributed by atoms with Gasteiger partial charge < -0.3 is 14.6 Å². The van der Waals surface area contributed by atoms with Crippen molar-refractivity contribution in [2.45, 2.75) is 13.3 Å². The minimum Gasteiger partial charge on any atom is -0.493 e. The Hall–Kier alpha value is -1.55. The summed E-state index contributed by atoms with van der Waals surface area (Å²) in [6.07, 6.45) is -0.0105. The molecule has 2 rings (SSSR count). The Bertz CT molecular complexity index is 410. The Morgan fingerprint density at radius 3 is 2.76 bits per heavy atom. The number of benzene rings is 1. The third-order valence-electron chi connectivity index (χ3n) is 2.79. The molecule has 0 aliphatic carbocycles. The van der Waals surface area contributed by atoms with Crippen molar-refractivity contribution in [1.82, 2.24) is 0 Å². The van der Waals surface area contributed by atoms with Gasteiger partial charge in [0.25, 0.3) is 0 Å². The standard InChI is InChI=1S/C13H16O4/c1-13(7-16-8-13)9-17-11-5-3-2-4-10(11)6-12(14)15/h2-5H,6-9H2,1H3,(H,14,15). The monoisotopic (exact) mass is 236 g/mol. The topological polar surface area (TPSA) is 55.8 Å². The molecule has 1 fully saturated rings. The van der Waals surface area contributed by atoms with E-state index in [1.807, 2.05) is 12.1 Å². The second-order valence-corrected chi connectivity index (χ2v) is 4.77. The summed E-state index contributed by atoms with van der Waals surface area (Å²) in [5, 5.41) is 8.80. The van der Waals surface area contributed by atoms with Gasteiger partial charge >= 0.3 is 5.97 Å². The molecule has 4 nitrogen and oxygen atoms in total. The third-order valence-corrected chi connectivity index (χ3v) is 2.79. The maximum atomic E-state index is 10.7. The first-order valence-corrected chi connectivity index (χ1v) is 5.59. The fourth-order valence-corrected chi connectivity index (χ4v) is 1.74. The van der Waals surface area contributed by atoms with E-state index in [1.165, 1.54) is 0 Å². The van der Waals surface area contributed by atoms with Crippen molar-refractivity contribution in [2.24, 2.45) is 5.41 Å². The van der Waals surface area contributed by atoms with E-state index < -0.39 is 5.97 Å². The molecule has 0 saturated carbocycles. The zero-order chi connectivity index (χ0) is 12.3. The highest BCUT2D eigenvalue weighted by atomic mass is 16.5. The van der Waals surface area contributed by atoms with Crippen molar-refractivity contribution in [3.05, 3.63) is 29.8 Å². The first-order chi connectivity index (χ1) is 8.09.